The second-order valence-corrected chi connectivity index (χ2v) is 5.86. The molecular weight excluding hydrogens is 320 g/mol. The van der Waals surface area contributed by atoms with Gasteiger partial charge in [-0.15, -0.1) is 0 Å². The Balaban J connectivity index is 1.77. The first-order chi connectivity index (χ1) is 9.63. The standard InChI is InChI=1S/C15H19BrN2O2/c1-11(2)17-8-14-7-15(20-18-14)10-19-9-12-4-3-5-13(16)6-12/h3-7,11,17H,8-10H2,1-2H3. The van der Waals surface area contributed by atoms with Crippen LogP contribution in [0.5, 0.6) is 0 Å². The molecule has 1 N–H and O–H groups in total. The number of nitrogens with zero attached hydrogens (tertiary/aromatic N) is 1. The highest BCUT2D eigenvalue weighted by Crippen LogP contribution is 2.13. The zero-order chi connectivity index (χ0) is 14.4. The number of hydrogen-bond acceptors (Lipinski definition) is 4. The summed E-state index contributed by atoms with van der Waals surface area (Å²) in [4.78, 5) is 0. The number of nitrogens with one attached hydrogen (secondary N) is 1. The Kier molecular flexibility index (Phi) is 5.76. The number of benzene rings is 1. The molecule has 1 heterocycles. The molecule has 108 valence electrons. The van der Waals surface area contributed by atoms with E-state index in [-0.39, 0.29) is 0 Å². The van der Waals surface area contributed by atoms with Crippen molar-refractivity contribution in [1.29, 1.82) is 0 Å². The Morgan fingerprint density at radius 1 is 1.30 bits per heavy atom. The van der Waals surface area contributed by atoms with Gasteiger partial charge >= 0.3 is 0 Å². The average molecular weight is 339 g/mol. The van der Waals surface area contributed by atoms with Crippen LogP contribution in [0.4, 0.5) is 0 Å². The van der Waals surface area contributed by atoms with E-state index in [1.165, 1.54) is 0 Å². The monoisotopic (exact) mass is 338 g/mol. The molecule has 0 fully saturated rings. The minimum absolute atomic E-state index is 0.432. The molecule has 0 bridgehead atoms. The highest BCUT2D eigenvalue weighted by atomic mass is 79.9. The van der Waals surface area contributed by atoms with Gasteiger partial charge in [0.1, 0.15) is 6.61 Å². The maximum absolute atomic E-state index is 5.62. The van der Waals surface area contributed by atoms with Crippen LogP contribution in [0.25, 0.3) is 0 Å². The number of hydrogen-bond donors (Lipinski definition) is 1. The fourth-order valence-corrected chi connectivity index (χ4v) is 2.16. The normalized spacial score (nSPS) is 11.2. The second kappa shape index (κ2) is 7.57. The van der Waals surface area contributed by atoms with Gasteiger partial charge in [0, 0.05) is 23.1 Å². The zero-order valence-corrected chi connectivity index (χ0v) is 13.3. The Morgan fingerprint density at radius 2 is 2.15 bits per heavy atom. The van der Waals surface area contributed by atoms with Gasteiger partial charge in [0.2, 0.25) is 0 Å². The molecule has 0 aliphatic carbocycles. The summed E-state index contributed by atoms with van der Waals surface area (Å²) in [5.74, 6) is 0.751. The van der Waals surface area contributed by atoms with Crippen LogP contribution in [0.1, 0.15) is 30.9 Å². The lowest BCUT2D eigenvalue weighted by Gasteiger charge is -2.04. The minimum Gasteiger partial charge on any atom is -0.369 e. The van der Waals surface area contributed by atoms with E-state index >= 15 is 0 Å². The average Bonchev–Trinajstić information content (AvgIpc) is 2.84. The summed E-state index contributed by atoms with van der Waals surface area (Å²) in [5, 5.41) is 7.30. The van der Waals surface area contributed by atoms with Crippen molar-refractivity contribution in [3.8, 4) is 0 Å². The number of halogens is 1. The Labute approximate surface area is 127 Å². The molecule has 0 saturated carbocycles. The molecule has 0 spiro atoms. The molecule has 20 heavy (non-hydrogen) atoms. The quantitative estimate of drug-likeness (QED) is 0.836. The van der Waals surface area contributed by atoms with E-state index in [0.29, 0.717) is 25.8 Å². The summed E-state index contributed by atoms with van der Waals surface area (Å²) in [6.07, 6.45) is 0. The van der Waals surface area contributed by atoms with E-state index in [1.807, 2.05) is 30.3 Å². The van der Waals surface area contributed by atoms with Crippen LogP contribution < -0.4 is 5.32 Å². The number of rotatable bonds is 7. The first kappa shape index (κ1) is 15.2. The summed E-state index contributed by atoms with van der Waals surface area (Å²) >= 11 is 3.44. The molecule has 4 nitrogen and oxygen atoms in total. The third kappa shape index (κ3) is 5.07. The molecule has 0 atom stereocenters. The minimum atomic E-state index is 0.432. The van der Waals surface area contributed by atoms with Gasteiger partial charge in [-0.1, -0.05) is 47.1 Å². The van der Waals surface area contributed by atoms with Crippen molar-refractivity contribution in [3.63, 3.8) is 0 Å². The molecule has 5 heteroatoms. The van der Waals surface area contributed by atoms with E-state index in [9.17, 15) is 0 Å². The lowest BCUT2D eigenvalue weighted by Crippen LogP contribution is -2.21. The van der Waals surface area contributed by atoms with Crippen LogP contribution in [0.3, 0.4) is 0 Å². The van der Waals surface area contributed by atoms with Gasteiger partial charge in [-0.25, -0.2) is 0 Å². The predicted octanol–water partition coefficient (Wildman–Crippen LogP) is 3.65. The molecule has 1 aromatic heterocycles. The number of ether oxygens (including phenoxy) is 1. The fraction of sp³-hybridized carbons (Fsp3) is 0.400. The van der Waals surface area contributed by atoms with Gasteiger partial charge in [0.05, 0.1) is 12.3 Å². The first-order valence-electron chi connectivity index (χ1n) is 6.63. The fourth-order valence-electron chi connectivity index (χ4n) is 1.71. The molecule has 0 unspecified atom stereocenters. The van der Waals surface area contributed by atoms with Crippen LogP contribution >= 0.6 is 15.9 Å². The lowest BCUT2D eigenvalue weighted by molar-refractivity contribution is 0.0883. The summed E-state index contributed by atoms with van der Waals surface area (Å²) < 4.78 is 11.9. The molecule has 1 aromatic carbocycles. The van der Waals surface area contributed by atoms with Crippen LogP contribution in [-0.4, -0.2) is 11.2 Å². The van der Waals surface area contributed by atoms with Crippen molar-refractivity contribution in [2.45, 2.75) is 39.6 Å². The molecular formula is C15H19BrN2O2. The van der Waals surface area contributed by atoms with Crippen molar-refractivity contribution < 1.29 is 9.26 Å². The Morgan fingerprint density at radius 3 is 2.90 bits per heavy atom. The Bertz CT molecular complexity index is 540. The van der Waals surface area contributed by atoms with Gasteiger partial charge in [-0.2, -0.15) is 0 Å². The van der Waals surface area contributed by atoms with E-state index < -0.39 is 0 Å². The molecule has 0 radical (unpaired) electrons. The molecule has 0 amide bonds. The van der Waals surface area contributed by atoms with E-state index in [4.69, 9.17) is 9.26 Å². The largest absolute Gasteiger partial charge is 0.369 e. The van der Waals surface area contributed by atoms with Gasteiger partial charge in [0.25, 0.3) is 0 Å². The third-order valence-corrected chi connectivity index (χ3v) is 3.19. The SMILES string of the molecule is CC(C)NCc1cc(COCc2cccc(Br)c2)on1. The molecule has 0 aliphatic heterocycles. The molecule has 0 saturated heterocycles. The summed E-state index contributed by atoms with van der Waals surface area (Å²) in [6.45, 7) is 5.90. The van der Waals surface area contributed by atoms with Crippen LogP contribution in [0.2, 0.25) is 0 Å². The smallest absolute Gasteiger partial charge is 0.162 e. The maximum atomic E-state index is 5.62. The summed E-state index contributed by atoms with van der Waals surface area (Å²) in [6, 6.07) is 10.4. The maximum Gasteiger partial charge on any atom is 0.162 e. The van der Waals surface area contributed by atoms with E-state index in [1.54, 1.807) is 0 Å². The van der Waals surface area contributed by atoms with Crippen molar-refractivity contribution >= 4 is 15.9 Å². The van der Waals surface area contributed by atoms with Crippen molar-refractivity contribution in [3.05, 3.63) is 51.8 Å². The second-order valence-electron chi connectivity index (χ2n) is 4.94. The zero-order valence-electron chi connectivity index (χ0n) is 11.7. The first-order valence-corrected chi connectivity index (χ1v) is 7.43. The highest BCUT2D eigenvalue weighted by molar-refractivity contribution is 9.10. The predicted molar refractivity (Wildman–Crippen MR) is 81.1 cm³/mol. The topological polar surface area (TPSA) is 47.3 Å². The van der Waals surface area contributed by atoms with Crippen molar-refractivity contribution in [2.24, 2.45) is 0 Å². The van der Waals surface area contributed by atoms with Crippen LogP contribution in [-0.2, 0) is 24.5 Å². The van der Waals surface area contributed by atoms with E-state index in [0.717, 1.165) is 21.5 Å². The van der Waals surface area contributed by atoms with Gasteiger partial charge in [-0.05, 0) is 17.7 Å². The van der Waals surface area contributed by atoms with Gasteiger partial charge in [-0.3, -0.25) is 0 Å². The van der Waals surface area contributed by atoms with Crippen molar-refractivity contribution in [1.82, 2.24) is 10.5 Å². The van der Waals surface area contributed by atoms with Crippen LogP contribution in [0, 0.1) is 0 Å². The van der Waals surface area contributed by atoms with Gasteiger partial charge in [0.15, 0.2) is 5.76 Å². The number of aromatic nitrogens is 1. The van der Waals surface area contributed by atoms with Crippen LogP contribution in [0.15, 0.2) is 39.3 Å². The van der Waals surface area contributed by atoms with Crippen molar-refractivity contribution in [2.75, 3.05) is 0 Å². The lowest BCUT2D eigenvalue weighted by atomic mass is 10.2. The van der Waals surface area contributed by atoms with E-state index in [2.05, 4.69) is 40.3 Å². The molecule has 0 aliphatic rings. The molecule has 2 rings (SSSR count). The highest BCUT2D eigenvalue weighted by Gasteiger charge is 2.05. The van der Waals surface area contributed by atoms with Gasteiger partial charge < -0.3 is 14.6 Å². The summed E-state index contributed by atoms with van der Waals surface area (Å²) in [7, 11) is 0. The third-order valence-electron chi connectivity index (χ3n) is 2.70. The Hall–Kier alpha value is -1.17. The summed E-state index contributed by atoms with van der Waals surface area (Å²) in [5.41, 5.74) is 2.03. The molecule has 2 aromatic rings.